The van der Waals surface area contributed by atoms with Crippen LogP contribution in [0.3, 0.4) is 0 Å². The van der Waals surface area contributed by atoms with Gasteiger partial charge >= 0.3 is 6.18 Å². The van der Waals surface area contributed by atoms with Crippen LogP contribution in [0.2, 0.25) is 0 Å². The average molecular weight is 230 g/mol. The van der Waals surface area contributed by atoms with E-state index >= 15 is 0 Å². The number of halogens is 3. The molecule has 0 amide bonds. The van der Waals surface area contributed by atoms with Gasteiger partial charge in [-0.3, -0.25) is 4.79 Å². The lowest BCUT2D eigenvalue weighted by molar-refractivity contribution is -0.136. The number of hydrogen-bond donors (Lipinski definition) is 0. The van der Waals surface area contributed by atoms with Crippen LogP contribution in [0.5, 0.6) is 0 Å². The van der Waals surface area contributed by atoms with Gasteiger partial charge in [0.15, 0.2) is 5.78 Å². The van der Waals surface area contributed by atoms with Crippen molar-refractivity contribution >= 4 is 5.78 Å². The fourth-order valence-electron chi connectivity index (χ4n) is 1.40. The third-order valence-corrected chi connectivity index (χ3v) is 2.37. The van der Waals surface area contributed by atoms with Crippen molar-refractivity contribution in [2.24, 2.45) is 5.92 Å². The summed E-state index contributed by atoms with van der Waals surface area (Å²) in [5.41, 5.74) is 0.470. The third kappa shape index (κ3) is 4.04. The van der Waals surface area contributed by atoms with Crippen molar-refractivity contribution in [1.29, 1.82) is 0 Å². The first-order chi connectivity index (χ1) is 7.40. The van der Waals surface area contributed by atoms with Gasteiger partial charge in [0.25, 0.3) is 0 Å². The van der Waals surface area contributed by atoms with Crippen molar-refractivity contribution in [3.8, 4) is 0 Å². The molecule has 0 aliphatic heterocycles. The molecule has 0 heterocycles. The van der Waals surface area contributed by atoms with Crippen LogP contribution in [0.1, 0.15) is 30.1 Å². The molecule has 1 rings (SSSR count). The topological polar surface area (TPSA) is 17.1 Å². The number of carbonyl (C=O) groups is 1. The molecular weight excluding hydrogens is 217 g/mol. The van der Waals surface area contributed by atoms with Crippen molar-refractivity contribution < 1.29 is 18.0 Å². The Morgan fingerprint density at radius 1 is 1.25 bits per heavy atom. The highest BCUT2D eigenvalue weighted by Gasteiger charge is 2.29. The van der Waals surface area contributed by atoms with E-state index in [-0.39, 0.29) is 12.2 Å². The van der Waals surface area contributed by atoms with Crippen LogP contribution in [-0.2, 0) is 0 Å². The summed E-state index contributed by atoms with van der Waals surface area (Å²) in [5.74, 6) is -0.825. The quantitative estimate of drug-likeness (QED) is 0.718. The zero-order chi connectivity index (χ0) is 12.2. The van der Waals surface area contributed by atoms with Crippen LogP contribution in [0, 0.1) is 5.92 Å². The van der Waals surface area contributed by atoms with Crippen molar-refractivity contribution in [2.75, 3.05) is 0 Å². The lowest BCUT2D eigenvalue weighted by Crippen LogP contribution is -2.15. The molecule has 1 atom stereocenters. The smallest absolute Gasteiger partial charge is 0.294 e. The summed E-state index contributed by atoms with van der Waals surface area (Å²) >= 11 is 0. The van der Waals surface area contributed by atoms with Crippen LogP contribution >= 0.6 is 0 Å². The number of benzene rings is 1. The first-order valence-corrected chi connectivity index (χ1v) is 5.06. The molecule has 0 N–H and O–H groups in total. The fourth-order valence-corrected chi connectivity index (χ4v) is 1.40. The molecule has 1 unspecified atom stereocenters. The number of hydrogen-bond acceptors (Lipinski definition) is 1. The second kappa shape index (κ2) is 5.14. The van der Waals surface area contributed by atoms with E-state index in [0.717, 1.165) is 0 Å². The van der Waals surface area contributed by atoms with E-state index in [1.807, 2.05) is 0 Å². The van der Waals surface area contributed by atoms with Gasteiger partial charge in [-0.25, -0.2) is 0 Å². The van der Waals surface area contributed by atoms with Gasteiger partial charge in [0.05, 0.1) is 0 Å². The van der Waals surface area contributed by atoms with Crippen LogP contribution in [0.15, 0.2) is 30.3 Å². The molecule has 1 aromatic rings. The van der Waals surface area contributed by atoms with Crippen molar-refractivity contribution in [3.05, 3.63) is 35.9 Å². The average Bonchev–Trinajstić information content (AvgIpc) is 2.25. The Bertz CT molecular complexity index is 343. The highest BCUT2D eigenvalue weighted by Crippen LogP contribution is 2.25. The minimum Gasteiger partial charge on any atom is -0.294 e. The Labute approximate surface area is 92.3 Å². The van der Waals surface area contributed by atoms with Crippen molar-refractivity contribution in [1.82, 2.24) is 0 Å². The maximum absolute atomic E-state index is 12.0. The van der Waals surface area contributed by atoms with Gasteiger partial charge in [-0.15, -0.1) is 0 Å². The molecule has 16 heavy (non-hydrogen) atoms. The molecule has 0 spiro atoms. The maximum Gasteiger partial charge on any atom is 0.389 e. The first-order valence-electron chi connectivity index (χ1n) is 5.06. The third-order valence-electron chi connectivity index (χ3n) is 2.37. The molecule has 0 aliphatic rings. The molecule has 0 saturated heterocycles. The number of alkyl halides is 3. The highest BCUT2D eigenvalue weighted by atomic mass is 19.4. The highest BCUT2D eigenvalue weighted by molar-refractivity contribution is 5.97. The molecule has 0 radical (unpaired) electrons. The number of Topliss-reactive ketones (excluding diaryl/α,β-unsaturated/α-hetero) is 1. The largest absolute Gasteiger partial charge is 0.389 e. The Morgan fingerprint density at radius 2 is 1.81 bits per heavy atom. The Balaban J connectivity index is 2.55. The molecule has 1 nitrogen and oxygen atoms in total. The predicted molar refractivity (Wildman–Crippen MR) is 55.2 cm³/mol. The molecule has 1 aromatic carbocycles. The summed E-state index contributed by atoms with van der Waals surface area (Å²) in [6.45, 7) is 1.53. The predicted octanol–water partition coefficient (Wildman–Crippen LogP) is 3.85. The minimum atomic E-state index is -4.19. The number of ketones is 1. The monoisotopic (exact) mass is 230 g/mol. The van der Waals surface area contributed by atoms with E-state index in [1.54, 1.807) is 30.3 Å². The zero-order valence-corrected chi connectivity index (χ0v) is 8.92. The first kappa shape index (κ1) is 12.7. The summed E-state index contributed by atoms with van der Waals surface area (Å²) in [6, 6.07) is 8.39. The van der Waals surface area contributed by atoms with E-state index in [9.17, 15) is 18.0 Å². The van der Waals surface area contributed by atoms with Crippen LogP contribution < -0.4 is 0 Å². The van der Waals surface area contributed by atoms with Crippen LogP contribution in [0.4, 0.5) is 13.2 Å². The molecule has 4 heteroatoms. The molecule has 88 valence electrons. The van der Waals surface area contributed by atoms with Crippen LogP contribution in [-0.4, -0.2) is 12.0 Å². The minimum absolute atomic E-state index is 0.156. The van der Waals surface area contributed by atoms with Gasteiger partial charge in [0, 0.05) is 17.9 Å². The van der Waals surface area contributed by atoms with E-state index in [2.05, 4.69) is 0 Å². The van der Waals surface area contributed by atoms with Gasteiger partial charge in [0.1, 0.15) is 0 Å². The summed E-state index contributed by atoms with van der Waals surface area (Å²) in [6.07, 6.45) is -5.25. The Morgan fingerprint density at radius 3 is 2.31 bits per heavy atom. The van der Waals surface area contributed by atoms with Crippen molar-refractivity contribution in [2.45, 2.75) is 25.9 Å². The van der Waals surface area contributed by atoms with E-state index in [1.165, 1.54) is 6.92 Å². The Kier molecular flexibility index (Phi) is 4.10. The van der Waals surface area contributed by atoms with E-state index < -0.39 is 18.5 Å². The van der Waals surface area contributed by atoms with Crippen LogP contribution in [0.25, 0.3) is 0 Å². The Hall–Kier alpha value is -1.32. The summed E-state index contributed by atoms with van der Waals surface area (Å²) in [5, 5.41) is 0. The van der Waals surface area contributed by atoms with Gasteiger partial charge in [-0.2, -0.15) is 13.2 Å². The lowest BCUT2D eigenvalue weighted by Gasteiger charge is -2.11. The van der Waals surface area contributed by atoms with E-state index in [4.69, 9.17) is 0 Å². The number of rotatable bonds is 4. The van der Waals surface area contributed by atoms with Gasteiger partial charge in [-0.1, -0.05) is 37.3 Å². The fraction of sp³-hybridized carbons (Fsp3) is 0.417. The van der Waals surface area contributed by atoms with Gasteiger partial charge in [-0.05, 0) is 6.42 Å². The molecule has 0 aromatic heterocycles. The van der Waals surface area contributed by atoms with Gasteiger partial charge < -0.3 is 0 Å². The normalized spacial score (nSPS) is 13.5. The summed E-state index contributed by atoms with van der Waals surface area (Å²) in [7, 11) is 0. The maximum atomic E-state index is 12.0. The SMILES string of the molecule is CC(CCC(F)(F)F)C(=O)c1ccccc1. The summed E-state index contributed by atoms with van der Waals surface area (Å²) in [4.78, 5) is 11.7. The molecule has 0 bridgehead atoms. The molecule has 0 fully saturated rings. The molecule has 0 saturated carbocycles. The second-order valence-electron chi connectivity index (χ2n) is 3.79. The second-order valence-corrected chi connectivity index (χ2v) is 3.79. The molecular formula is C12H13F3O. The lowest BCUT2D eigenvalue weighted by atomic mass is 9.95. The standard InChI is InChI=1S/C12H13F3O/c1-9(7-8-12(13,14)15)11(16)10-5-3-2-4-6-10/h2-6,9H,7-8H2,1H3. The zero-order valence-electron chi connectivity index (χ0n) is 8.92. The van der Waals surface area contributed by atoms with Gasteiger partial charge in [0.2, 0.25) is 0 Å². The summed E-state index contributed by atoms with van der Waals surface area (Å²) < 4.78 is 35.9. The number of carbonyl (C=O) groups excluding carboxylic acids is 1. The molecule has 0 aliphatic carbocycles. The van der Waals surface area contributed by atoms with Crippen molar-refractivity contribution in [3.63, 3.8) is 0 Å². The van der Waals surface area contributed by atoms with E-state index in [0.29, 0.717) is 5.56 Å².